The molecule has 1 aliphatic heterocycles. The van der Waals surface area contributed by atoms with E-state index in [1.54, 1.807) is 0 Å². The van der Waals surface area contributed by atoms with Crippen molar-refractivity contribution in [2.24, 2.45) is 0 Å². The highest BCUT2D eigenvalue weighted by Gasteiger charge is 2.17. The number of aromatic nitrogens is 2. The molecular formula is C14H14N2O4. The molecule has 1 aromatic carbocycles. The van der Waals surface area contributed by atoms with Crippen molar-refractivity contribution in [1.82, 2.24) is 10.2 Å². The summed E-state index contributed by atoms with van der Waals surface area (Å²) < 4.78 is 11.3. The molecule has 2 heterocycles. The highest BCUT2D eigenvalue weighted by molar-refractivity contribution is 5.87. The molecule has 0 unspecified atom stereocenters. The lowest BCUT2D eigenvalue weighted by Crippen LogP contribution is -1.97. The first-order chi connectivity index (χ1) is 9.65. The maximum atomic E-state index is 10.9. The quantitative estimate of drug-likeness (QED) is 0.877. The minimum atomic E-state index is -1.03. The van der Waals surface area contributed by atoms with Gasteiger partial charge in [-0.1, -0.05) is 0 Å². The Hall–Kier alpha value is -2.50. The van der Waals surface area contributed by atoms with E-state index in [0.717, 1.165) is 23.3 Å². The third-order valence-corrected chi connectivity index (χ3v) is 3.14. The fourth-order valence-corrected chi connectivity index (χ4v) is 2.18. The zero-order valence-electron chi connectivity index (χ0n) is 11.0. The zero-order chi connectivity index (χ0) is 14.1. The van der Waals surface area contributed by atoms with E-state index in [9.17, 15) is 4.79 Å². The molecule has 20 heavy (non-hydrogen) atoms. The largest absolute Gasteiger partial charge is 0.490 e. The van der Waals surface area contributed by atoms with Gasteiger partial charge in [-0.3, -0.25) is 5.10 Å². The third kappa shape index (κ3) is 2.20. The zero-order valence-corrected chi connectivity index (χ0v) is 11.0. The average molecular weight is 274 g/mol. The number of benzene rings is 1. The van der Waals surface area contributed by atoms with Crippen LogP contribution in [0.3, 0.4) is 0 Å². The molecule has 104 valence electrons. The third-order valence-electron chi connectivity index (χ3n) is 3.14. The summed E-state index contributed by atoms with van der Waals surface area (Å²) in [6.45, 7) is 3.18. The van der Waals surface area contributed by atoms with Crippen LogP contribution in [0.4, 0.5) is 0 Å². The van der Waals surface area contributed by atoms with Crippen molar-refractivity contribution in [3.8, 4) is 22.8 Å². The number of ether oxygens (including phenoxy) is 2. The highest BCUT2D eigenvalue weighted by atomic mass is 16.5. The molecule has 0 fully saturated rings. The number of aromatic carboxylic acids is 1. The first-order valence-electron chi connectivity index (χ1n) is 6.34. The molecular weight excluding hydrogens is 260 g/mol. The van der Waals surface area contributed by atoms with E-state index < -0.39 is 5.97 Å². The number of aromatic amines is 1. The summed E-state index contributed by atoms with van der Waals surface area (Å²) in [6.07, 6.45) is 0.842. The SMILES string of the molecule is Cc1cc(-c2cc(C(=O)O)[nH]n2)cc2c1OCCCO2. The molecule has 3 rings (SSSR count). The number of hydrogen-bond acceptors (Lipinski definition) is 4. The predicted molar refractivity (Wildman–Crippen MR) is 71.3 cm³/mol. The highest BCUT2D eigenvalue weighted by Crippen LogP contribution is 2.37. The van der Waals surface area contributed by atoms with Gasteiger partial charge in [-0.15, -0.1) is 0 Å². The van der Waals surface area contributed by atoms with Crippen LogP contribution in [0, 0.1) is 6.92 Å². The van der Waals surface area contributed by atoms with Gasteiger partial charge >= 0.3 is 5.97 Å². The van der Waals surface area contributed by atoms with Gasteiger partial charge in [-0.2, -0.15) is 5.10 Å². The molecule has 2 N–H and O–H groups in total. The van der Waals surface area contributed by atoms with Gasteiger partial charge < -0.3 is 14.6 Å². The van der Waals surface area contributed by atoms with Gasteiger partial charge in [0.25, 0.3) is 0 Å². The molecule has 6 heteroatoms. The number of H-pyrrole nitrogens is 1. The second-order valence-electron chi connectivity index (χ2n) is 4.64. The smallest absolute Gasteiger partial charge is 0.353 e. The molecule has 0 bridgehead atoms. The van der Waals surface area contributed by atoms with Gasteiger partial charge in [0.15, 0.2) is 11.5 Å². The summed E-state index contributed by atoms with van der Waals surface area (Å²) in [7, 11) is 0. The number of hydrogen-bond donors (Lipinski definition) is 2. The van der Waals surface area contributed by atoms with Gasteiger partial charge in [0.1, 0.15) is 5.69 Å². The van der Waals surface area contributed by atoms with Crippen molar-refractivity contribution in [3.05, 3.63) is 29.5 Å². The standard InChI is InChI=1S/C14H14N2O4/c1-8-5-9(10-7-11(14(17)18)16-15-10)6-12-13(8)20-4-2-3-19-12/h5-7H,2-4H2,1H3,(H,15,16)(H,17,18). The van der Waals surface area contributed by atoms with E-state index in [0.29, 0.717) is 24.7 Å². The minimum absolute atomic E-state index is 0.0600. The Kier molecular flexibility index (Phi) is 3.06. The first kappa shape index (κ1) is 12.5. The van der Waals surface area contributed by atoms with Crippen molar-refractivity contribution >= 4 is 5.97 Å². The van der Waals surface area contributed by atoms with Gasteiger partial charge in [0.05, 0.1) is 18.9 Å². The molecule has 0 atom stereocenters. The molecule has 0 amide bonds. The van der Waals surface area contributed by atoms with Crippen LogP contribution in [0.25, 0.3) is 11.3 Å². The Morgan fingerprint density at radius 3 is 2.85 bits per heavy atom. The number of nitrogens with zero attached hydrogens (tertiary/aromatic N) is 1. The van der Waals surface area contributed by atoms with Gasteiger partial charge in [0, 0.05) is 12.0 Å². The number of nitrogens with one attached hydrogen (secondary N) is 1. The number of rotatable bonds is 2. The topological polar surface area (TPSA) is 84.4 Å². The summed E-state index contributed by atoms with van der Waals surface area (Å²) in [4.78, 5) is 10.9. The van der Waals surface area contributed by atoms with E-state index in [4.69, 9.17) is 14.6 Å². The summed E-state index contributed by atoms with van der Waals surface area (Å²) in [5.74, 6) is 0.396. The van der Waals surface area contributed by atoms with Crippen LogP contribution in [0.2, 0.25) is 0 Å². The van der Waals surface area contributed by atoms with Crippen molar-refractivity contribution in [2.75, 3.05) is 13.2 Å². The van der Waals surface area contributed by atoms with Crippen molar-refractivity contribution < 1.29 is 19.4 Å². The van der Waals surface area contributed by atoms with Crippen molar-refractivity contribution in [3.63, 3.8) is 0 Å². The lowest BCUT2D eigenvalue weighted by atomic mass is 10.1. The molecule has 0 aliphatic carbocycles. The van der Waals surface area contributed by atoms with Gasteiger partial charge in [-0.05, 0) is 30.7 Å². The summed E-state index contributed by atoms with van der Waals surface area (Å²) >= 11 is 0. The summed E-state index contributed by atoms with van der Waals surface area (Å²) in [5.41, 5.74) is 2.38. The van der Waals surface area contributed by atoms with E-state index in [-0.39, 0.29) is 5.69 Å². The van der Waals surface area contributed by atoms with Crippen LogP contribution >= 0.6 is 0 Å². The molecule has 0 saturated heterocycles. The number of fused-ring (bicyclic) bond motifs is 1. The fraction of sp³-hybridized carbons (Fsp3) is 0.286. The van der Waals surface area contributed by atoms with Crippen LogP contribution in [0.5, 0.6) is 11.5 Å². The van der Waals surface area contributed by atoms with Crippen molar-refractivity contribution in [1.29, 1.82) is 0 Å². The Labute approximate surface area is 115 Å². The minimum Gasteiger partial charge on any atom is -0.490 e. The van der Waals surface area contributed by atoms with Crippen LogP contribution in [0.1, 0.15) is 22.5 Å². The Morgan fingerprint density at radius 1 is 1.30 bits per heavy atom. The van der Waals surface area contributed by atoms with E-state index in [2.05, 4.69) is 10.2 Å². The molecule has 1 aliphatic rings. The second-order valence-corrected chi connectivity index (χ2v) is 4.64. The van der Waals surface area contributed by atoms with Gasteiger partial charge in [-0.25, -0.2) is 4.79 Å². The van der Waals surface area contributed by atoms with Crippen LogP contribution in [-0.4, -0.2) is 34.5 Å². The Bertz CT molecular complexity index is 663. The predicted octanol–water partition coefficient (Wildman–Crippen LogP) is 2.24. The van der Waals surface area contributed by atoms with Crippen LogP contribution < -0.4 is 9.47 Å². The van der Waals surface area contributed by atoms with Crippen LogP contribution in [0.15, 0.2) is 18.2 Å². The first-order valence-corrected chi connectivity index (χ1v) is 6.34. The number of carbonyl (C=O) groups is 1. The molecule has 0 radical (unpaired) electrons. The average Bonchev–Trinajstić information content (AvgIpc) is 2.79. The lowest BCUT2D eigenvalue weighted by molar-refractivity contribution is 0.0690. The maximum Gasteiger partial charge on any atom is 0.353 e. The monoisotopic (exact) mass is 274 g/mol. The summed E-state index contributed by atoms with van der Waals surface area (Å²) in [5, 5.41) is 15.4. The lowest BCUT2D eigenvalue weighted by Gasteiger charge is -2.11. The van der Waals surface area contributed by atoms with Crippen LogP contribution in [-0.2, 0) is 0 Å². The molecule has 0 saturated carbocycles. The Balaban J connectivity index is 2.03. The normalized spacial score (nSPS) is 13.8. The molecule has 0 spiro atoms. The molecule has 1 aromatic heterocycles. The van der Waals surface area contributed by atoms with E-state index in [1.807, 2.05) is 19.1 Å². The second kappa shape index (κ2) is 4.88. The van der Waals surface area contributed by atoms with E-state index in [1.165, 1.54) is 6.07 Å². The number of carboxylic acid groups (broad SMARTS) is 1. The Morgan fingerprint density at radius 2 is 2.10 bits per heavy atom. The summed E-state index contributed by atoms with van der Waals surface area (Å²) in [6, 6.07) is 5.24. The van der Waals surface area contributed by atoms with Gasteiger partial charge in [0.2, 0.25) is 0 Å². The number of aryl methyl sites for hydroxylation is 1. The fourth-order valence-electron chi connectivity index (χ4n) is 2.18. The molecule has 6 nitrogen and oxygen atoms in total. The maximum absolute atomic E-state index is 10.9. The molecule has 2 aromatic rings. The van der Waals surface area contributed by atoms with E-state index >= 15 is 0 Å². The van der Waals surface area contributed by atoms with Crippen molar-refractivity contribution in [2.45, 2.75) is 13.3 Å². The number of carboxylic acids is 1.